The lowest BCUT2D eigenvalue weighted by Crippen LogP contribution is -2.46. The minimum absolute atomic E-state index is 0.201. The summed E-state index contributed by atoms with van der Waals surface area (Å²) in [7, 11) is 0. The first-order valence-electron chi connectivity index (χ1n) is 10.2. The van der Waals surface area contributed by atoms with Crippen molar-refractivity contribution in [2.24, 2.45) is 5.16 Å². The van der Waals surface area contributed by atoms with E-state index in [0.29, 0.717) is 12.8 Å². The van der Waals surface area contributed by atoms with Gasteiger partial charge >= 0.3 is 6.03 Å². The van der Waals surface area contributed by atoms with Gasteiger partial charge in [0.05, 0.1) is 11.8 Å². The maximum absolute atomic E-state index is 12.6. The molecule has 0 spiro atoms. The second-order valence-electron chi connectivity index (χ2n) is 7.43. The van der Waals surface area contributed by atoms with Crippen LogP contribution in [0.15, 0.2) is 96.2 Å². The van der Waals surface area contributed by atoms with Gasteiger partial charge in [-0.1, -0.05) is 84.0 Å². The Morgan fingerprint density at radius 1 is 0.900 bits per heavy atom. The summed E-state index contributed by atoms with van der Waals surface area (Å²) in [6.07, 6.45) is 1.91. The molecule has 2 N–H and O–H groups in total. The molecule has 5 nitrogen and oxygen atoms in total. The van der Waals surface area contributed by atoms with Crippen molar-refractivity contribution in [1.82, 2.24) is 5.32 Å². The summed E-state index contributed by atoms with van der Waals surface area (Å²) in [5.41, 5.74) is 4.09. The van der Waals surface area contributed by atoms with Crippen molar-refractivity contribution in [2.75, 3.05) is 5.32 Å². The predicted octanol–water partition coefficient (Wildman–Crippen LogP) is 4.81. The third-order valence-electron chi connectivity index (χ3n) is 5.10. The number of rotatable bonds is 7. The van der Waals surface area contributed by atoms with Gasteiger partial charge in [0.25, 0.3) is 0 Å². The summed E-state index contributed by atoms with van der Waals surface area (Å²) < 4.78 is 0. The Bertz CT molecular complexity index is 975. The average Bonchev–Trinajstić information content (AvgIpc) is 3.24. The number of nitrogens with zero attached hydrogens (tertiary/aromatic N) is 1. The summed E-state index contributed by atoms with van der Waals surface area (Å²) in [6, 6.07) is 29.3. The van der Waals surface area contributed by atoms with E-state index < -0.39 is 0 Å². The van der Waals surface area contributed by atoms with Crippen molar-refractivity contribution in [3.63, 3.8) is 0 Å². The molecule has 2 unspecified atom stereocenters. The van der Waals surface area contributed by atoms with Crippen molar-refractivity contribution < 1.29 is 9.63 Å². The first-order valence-corrected chi connectivity index (χ1v) is 10.2. The first kappa shape index (κ1) is 19.7. The Kier molecular flexibility index (Phi) is 6.40. The minimum atomic E-state index is -0.248. The van der Waals surface area contributed by atoms with Crippen LogP contribution in [0.2, 0.25) is 0 Å². The molecule has 1 aliphatic rings. The van der Waals surface area contributed by atoms with Gasteiger partial charge in [0.15, 0.2) is 6.10 Å². The van der Waals surface area contributed by atoms with Gasteiger partial charge in [0.2, 0.25) is 0 Å². The Labute approximate surface area is 176 Å². The molecular formula is C25H25N3O2. The molecular weight excluding hydrogens is 374 g/mol. The lowest BCUT2D eigenvalue weighted by atomic mass is 9.96. The van der Waals surface area contributed by atoms with E-state index in [1.807, 2.05) is 66.7 Å². The molecule has 0 saturated heterocycles. The summed E-state index contributed by atoms with van der Waals surface area (Å²) in [6.45, 7) is 0. The topological polar surface area (TPSA) is 62.7 Å². The van der Waals surface area contributed by atoms with Gasteiger partial charge in [0.1, 0.15) is 0 Å². The molecule has 0 fully saturated rings. The van der Waals surface area contributed by atoms with Crippen molar-refractivity contribution >= 4 is 17.4 Å². The van der Waals surface area contributed by atoms with Crippen LogP contribution in [-0.4, -0.2) is 23.9 Å². The van der Waals surface area contributed by atoms with Gasteiger partial charge in [-0.15, -0.1) is 0 Å². The summed E-state index contributed by atoms with van der Waals surface area (Å²) in [4.78, 5) is 18.4. The molecule has 2 atom stereocenters. The highest BCUT2D eigenvalue weighted by Gasteiger charge is 2.31. The van der Waals surface area contributed by atoms with Gasteiger partial charge in [-0.2, -0.15) is 0 Å². The Hall–Kier alpha value is -3.60. The molecule has 2 amide bonds. The van der Waals surface area contributed by atoms with E-state index in [1.54, 1.807) is 0 Å². The van der Waals surface area contributed by atoms with E-state index in [1.165, 1.54) is 5.56 Å². The van der Waals surface area contributed by atoms with Crippen LogP contribution in [-0.2, 0) is 17.7 Å². The standard InChI is InChI=1S/C25H25N3O2/c29-25(26-21-14-8-3-9-15-21)27-23(17-20-12-6-2-7-13-20)24-18-22(28-30-24)16-19-10-4-1-5-11-19/h1-15,23-24H,16-18H2,(H2,26,27,29). The number of amides is 2. The molecule has 3 aromatic carbocycles. The first-order chi connectivity index (χ1) is 14.8. The fourth-order valence-corrected chi connectivity index (χ4v) is 3.60. The highest BCUT2D eigenvalue weighted by Crippen LogP contribution is 2.20. The summed E-state index contributed by atoms with van der Waals surface area (Å²) in [5, 5.41) is 10.3. The molecule has 1 aliphatic heterocycles. The van der Waals surface area contributed by atoms with Gasteiger partial charge in [-0.25, -0.2) is 4.79 Å². The number of carbonyl (C=O) groups excluding carboxylic acids is 1. The van der Waals surface area contributed by atoms with Crippen molar-refractivity contribution in [3.8, 4) is 0 Å². The van der Waals surface area contributed by atoms with Gasteiger partial charge in [-0.3, -0.25) is 0 Å². The molecule has 152 valence electrons. The number of hydrogen-bond acceptors (Lipinski definition) is 3. The monoisotopic (exact) mass is 399 g/mol. The van der Waals surface area contributed by atoms with Crippen LogP contribution in [0.5, 0.6) is 0 Å². The van der Waals surface area contributed by atoms with Crippen LogP contribution in [0, 0.1) is 0 Å². The Morgan fingerprint density at radius 2 is 1.50 bits per heavy atom. The van der Waals surface area contributed by atoms with Gasteiger partial charge in [-0.05, 0) is 29.7 Å². The quantitative estimate of drug-likeness (QED) is 0.599. The van der Waals surface area contributed by atoms with Crippen molar-refractivity contribution in [1.29, 1.82) is 0 Å². The molecule has 0 bridgehead atoms. The predicted molar refractivity (Wildman–Crippen MR) is 120 cm³/mol. The third-order valence-corrected chi connectivity index (χ3v) is 5.10. The number of urea groups is 1. The zero-order valence-electron chi connectivity index (χ0n) is 16.7. The zero-order chi connectivity index (χ0) is 20.6. The Balaban J connectivity index is 1.42. The van der Waals surface area contributed by atoms with Crippen molar-refractivity contribution in [2.45, 2.75) is 31.4 Å². The molecule has 1 heterocycles. The fourth-order valence-electron chi connectivity index (χ4n) is 3.60. The molecule has 0 aliphatic carbocycles. The van der Waals surface area contributed by atoms with Gasteiger partial charge in [0, 0.05) is 18.5 Å². The van der Waals surface area contributed by atoms with Crippen LogP contribution in [0.4, 0.5) is 10.5 Å². The van der Waals surface area contributed by atoms with Crippen LogP contribution in [0.3, 0.4) is 0 Å². The highest BCUT2D eigenvalue weighted by molar-refractivity contribution is 5.90. The number of oxime groups is 1. The normalized spacial score (nSPS) is 16.3. The van der Waals surface area contributed by atoms with E-state index in [0.717, 1.165) is 23.4 Å². The van der Waals surface area contributed by atoms with Gasteiger partial charge < -0.3 is 15.5 Å². The zero-order valence-corrected chi connectivity index (χ0v) is 16.7. The van der Waals surface area contributed by atoms with Crippen LogP contribution in [0.1, 0.15) is 17.5 Å². The van der Waals surface area contributed by atoms with Crippen LogP contribution < -0.4 is 10.6 Å². The SMILES string of the molecule is O=C(Nc1ccccc1)NC(Cc1ccccc1)C1CC(Cc2ccccc2)=NO1. The molecule has 0 saturated carbocycles. The second-order valence-corrected chi connectivity index (χ2v) is 7.43. The smallest absolute Gasteiger partial charge is 0.319 e. The summed E-state index contributed by atoms with van der Waals surface area (Å²) >= 11 is 0. The van der Waals surface area contributed by atoms with E-state index in [4.69, 9.17) is 4.84 Å². The minimum Gasteiger partial charge on any atom is -0.390 e. The number of para-hydroxylation sites is 1. The number of carbonyl (C=O) groups is 1. The van der Waals surface area contributed by atoms with E-state index >= 15 is 0 Å². The average molecular weight is 399 g/mol. The second kappa shape index (κ2) is 9.74. The Morgan fingerprint density at radius 3 is 2.17 bits per heavy atom. The maximum Gasteiger partial charge on any atom is 0.319 e. The molecule has 0 aromatic heterocycles. The molecule has 0 radical (unpaired) electrons. The summed E-state index contributed by atoms with van der Waals surface area (Å²) in [5.74, 6) is 0. The van der Waals surface area contributed by atoms with E-state index in [2.05, 4.69) is 40.1 Å². The third kappa shape index (κ3) is 5.47. The number of benzene rings is 3. The fraction of sp³-hybridized carbons (Fsp3) is 0.200. The number of anilines is 1. The number of hydrogen-bond donors (Lipinski definition) is 2. The number of nitrogens with one attached hydrogen (secondary N) is 2. The van der Waals surface area contributed by atoms with E-state index in [-0.39, 0.29) is 18.2 Å². The van der Waals surface area contributed by atoms with E-state index in [9.17, 15) is 4.79 Å². The maximum atomic E-state index is 12.6. The molecule has 5 heteroatoms. The molecule has 3 aromatic rings. The van der Waals surface area contributed by atoms with Crippen molar-refractivity contribution in [3.05, 3.63) is 102 Å². The lowest BCUT2D eigenvalue weighted by Gasteiger charge is -2.23. The largest absolute Gasteiger partial charge is 0.390 e. The molecule has 30 heavy (non-hydrogen) atoms. The van der Waals surface area contributed by atoms with Crippen LogP contribution in [0.25, 0.3) is 0 Å². The van der Waals surface area contributed by atoms with Crippen LogP contribution >= 0.6 is 0 Å². The lowest BCUT2D eigenvalue weighted by molar-refractivity contribution is 0.0584. The highest BCUT2D eigenvalue weighted by atomic mass is 16.6. The molecule has 4 rings (SSSR count).